The van der Waals surface area contributed by atoms with E-state index in [0.29, 0.717) is 13.0 Å². The number of rotatable bonds is 5. The normalized spacial score (nSPS) is 10.2. The maximum Gasteiger partial charge on any atom is 0.227 e. The van der Waals surface area contributed by atoms with Gasteiger partial charge in [0.15, 0.2) is 0 Å². The second-order valence-corrected chi connectivity index (χ2v) is 5.84. The predicted octanol–water partition coefficient (Wildman–Crippen LogP) is 4.47. The van der Waals surface area contributed by atoms with Crippen LogP contribution in [-0.4, -0.2) is 12.5 Å². The van der Waals surface area contributed by atoms with Gasteiger partial charge in [0.25, 0.3) is 0 Å². The maximum absolute atomic E-state index is 11.9. The number of aryl methyl sites for hydroxylation is 2. The van der Waals surface area contributed by atoms with E-state index in [2.05, 4.69) is 21.2 Å². The summed E-state index contributed by atoms with van der Waals surface area (Å²) in [5.41, 5.74) is 3.00. The van der Waals surface area contributed by atoms with E-state index in [0.717, 1.165) is 27.0 Å². The molecule has 3 nitrogen and oxygen atoms in total. The molecule has 21 heavy (non-hydrogen) atoms. The van der Waals surface area contributed by atoms with Crippen LogP contribution in [0.4, 0.5) is 5.69 Å². The summed E-state index contributed by atoms with van der Waals surface area (Å²) in [4.78, 5) is 11.9. The summed E-state index contributed by atoms with van der Waals surface area (Å²) in [5, 5.41) is 2.90. The smallest absolute Gasteiger partial charge is 0.227 e. The monoisotopic (exact) mass is 347 g/mol. The van der Waals surface area contributed by atoms with E-state index in [4.69, 9.17) is 4.74 Å². The van der Waals surface area contributed by atoms with Crippen molar-refractivity contribution < 1.29 is 9.53 Å². The Morgan fingerprint density at radius 3 is 2.71 bits per heavy atom. The van der Waals surface area contributed by atoms with E-state index >= 15 is 0 Å². The first-order valence-corrected chi connectivity index (χ1v) is 7.59. The zero-order valence-corrected chi connectivity index (χ0v) is 13.7. The molecule has 0 heterocycles. The Morgan fingerprint density at radius 1 is 1.19 bits per heavy atom. The number of nitrogens with one attached hydrogen (secondary N) is 1. The highest BCUT2D eigenvalue weighted by Crippen LogP contribution is 2.20. The molecule has 0 saturated carbocycles. The Kier molecular flexibility index (Phi) is 5.39. The average molecular weight is 348 g/mol. The summed E-state index contributed by atoms with van der Waals surface area (Å²) in [7, 11) is 0. The van der Waals surface area contributed by atoms with Crippen LogP contribution in [-0.2, 0) is 4.79 Å². The summed E-state index contributed by atoms with van der Waals surface area (Å²) < 4.78 is 6.58. The number of hydrogen-bond donors (Lipinski definition) is 1. The van der Waals surface area contributed by atoms with E-state index in [9.17, 15) is 4.79 Å². The van der Waals surface area contributed by atoms with Crippen molar-refractivity contribution in [1.29, 1.82) is 0 Å². The van der Waals surface area contributed by atoms with Crippen LogP contribution < -0.4 is 10.1 Å². The Bertz CT molecular complexity index is 640. The third-order valence-electron chi connectivity index (χ3n) is 3.05. The van der Waals surface area contributed by atoms with Crippen molar-refractivity contribution in [2.45, 2.75) is 20.3 Å². The summed E-state index contributed by atoms with van der Waals surface area (Å²) in [6.07, 6.45) is 0.323. The Balaban J connectivity index is 1.82. The first kappa shape index (κ1) is 15.6. The van der Waals surface area contributed by atoms with E-state index < -0.39 is 0 Å². The molecule has 0 aliphatic carbocycles. The van der Waals surface area contributed by atoms with Crippen molar-refractivity contribution in [3.05, 3.63) is 58.1 Å². The van der Waals surface area contributed by atoms with Gasteiger partial charge in [0.2, 0.25) is 5.91 Å². The van der Waals surface area contributed by atoms with Gasteiger partial charge < -0.3 is 10.1 Å². The molecule has 2 aromatic rings. The van der Waals surface area contributed by atoms with Crippen LogP contribution in [0.25, 0.3) is 0 Å². The van der Waals surface area contributed by atoms with Crippen molar-refractivity contribution in [3.63, 3.8) is 0 Å². The fourth-order valence-corrected chi connectivity index (χ4v) is 2.42. The molecule has 0 spiro atoms. The number of hydrogen-bond acceptors (Lipinski definition) is 2. The highest BCUT2D eigenvalue weighted by Gasteiger charge is 2.05. The van der Waals surface area contributed by atoms with Gasteiger partial charge in [-0.25, -0.2) is 0 Å². The van der Waals surface area contributed by atoms with Crippen LogP contribution >= 0.6 is 15.9 Å². The highest BCUT2D eigenvalue weighted by molar-refractivity contribution is 9.10. The Morgan fingerprint density at radius 2 is 2.00 bits per heavy atom. The minimum absolute atomic E-state index is 0.0481. The van der Waals surface area contributed by atoms with Crippen LogP contribution in [0, 0.1) is 13.8 Å². The van der Waals surface area contributed by atoms with Crippen LogP contribution in [0.5, 0.6) is 5.75 Å². The zero-order chi connectivity index (χ0) is 15.2. The second kappa shape index (κ2) is 7.27. The number of carbonyl (C=O) groups excluding carboxylic acids is 1. The average Bonchev–Trinajstić information content (AvgIpc) is 2.42. The van der Waals surface area contributed by atoms with Crippen LogP contribution in [0.15, 0.2) is 46.9 Å². The lowest BCUT2D eigenvalue weighted by molar-refractivity contribution is -0.116. The van der Waals surface area contributed by atoms with Gasteiger partial charge in [-0.05, 0) is 55.3 Å². The van der Waals surface area contributed by atoms with Gasteiger partial charge in [0.1, 0.15) is 5.75 Å². The molecule has 0 fully saturated rings. The third-order valence-corrected chi connectivity index (χ3v) is 3.54. The van der Waals surface area contributed by atoms with Crippen molar-refractivity contribution in [2.24, 2.45) is 0 Å². The summed E-state index contributed by atoms with van der Waals surface area (Å²) >= 11 is 3.40. The fourth-order valence-electron chi connectivity index (χ4n) is 1.95. The lowest BCUT2D eigenvalue weighted by Crippen LogP contribution is -2.15. The third kappa shape index (κ3) is 4.90. The van der Waals surface area contributed by atoms with Gasteiger partial charge in [-0.2, -0.15) is 0 Å². The minimum atomic E-state index is -0.0481. The molecule has 4 heteroatoms. The number of anilines is 1. The first-order chi connectivity index (χ1) is 10.0. The maximum atomic E-state index is 11.9. The lowest BCUT2D eigenvalue weighted by atomic mass is 10.2. The number of amides is 1. The lowest BCUT2D eigenvalue weighted by Gasteiger charge is -2.10. The van der Waals surface area contributed by atoms with Crippen molar-refractivity contribution >= 4 is 27.5 Å². The Labute approximate surface area is 133 Å². The van der Waals surface area contributed by atoms with Gasteiger partial charge in [-0.1, -0.05) is 28.1 Å². The van der Waals surface area contributed by atoms with E-state index in [1.807, 2.05) is 56.3 Å². The molecule has 0 aliphatic rings. The largest absolute Gasteiger partial charge is 0.493 e. The molecular weight excluding hydrogens is 330 g/mol. The van der Waals surface area contributed by atoms with Gasteiger partial charge >= 0.3 is 0 Å². The van der Waals surface area contributed by atoms with Gasteiger partial charge in [-0.15, -0.1) is 0 Å². The molecule has 0 aromatic heterocycles. The second-order valence-electron chi connectivity index (χ2n) is 4.92. The molecule has 1 amide bonds. The van der Waals surface area contributed by atoms with Gasteiger partial charge in [0.05, 0.1) is 13.0 Å². The van der Waals surface area contributed by atoms with Crippen LogP contribution in [0.3, 0.4) is 0 Å². The number of carbonyl (C=O) groups is 1. The molecule has 2 aromatic carbocycles. The molecule has 1 N–H and O–H groups in total. The van der Waals surface area contributed by atoms with Crippen LogP contribution in [0.2, 0.25) is 0 Å². The molecule has 0 aliphatic heterocycles. The van der Waals surface area contributed by atoms with Gasteiger partial charge in [-0.3, -0.25) is 4.79 Å². The van der Waals surface area contributed by atoms with E-state index in [1.54, 1.807) is 0 Å². The topological polar surface area (TPSA) is 38.3 Å². The predicted molar refractivity (Wildman–Crippen MR) is 88.8 cm³/mol. The molecule has 0 radical (unpaired) electrons. The molecule has 0 unspecified atom stereocenters. The molecule has 2 rings (SSSR count). The number of halogens is 1. The number of benzene rings is 2. The summed E-state index contributed by atoms with van der Waals surface area (Å²) in [6.45, 7) is 4.34. The van der Waals surface area contributed by atoms with E-state index in [1.165, 1.54) is 0 Å². The quantitative estimate of drug-likeness (QED) is 0.866. The van der Waals surface area contributed by atoms with Gasteiger partial charge in [0, 0.05) is 10.2 Å². The zero-order valence-electron chi connectivity index (χ0n) is 12.2. The summed E-state index contributed by atoms with van der Waals surface area (Å²) in [5.74, 6) is 0.746. The SMILES string of the molecule is Cc1cccc(OCCC(=O)Nc2ccc(Br)cc2C)c1. The van der Waals surface area contributed by atoms with Crippen molar-refractivity contribution in [2.75, 3.05) is 11.9 Å². The summed E-state index contributed by atoms with van der Waals surface area (Å²) in [6, 6.07) is 13.6. The standard InChI is InChI=1S/C17H18BrNO2/c1-12-4-3-5-15(10-12)21-9-8-17(20)19-16-7-6-14(18)11-13(16)2/h3-7,10-11H,8-9H2,1-2H3,(H,19,20). The molecule has 110 valence electrons. The molecule has 0 atom stereocenters. The molecular formula is C17H18BrNO2. The Hall–Kier alpha value is -1.81. The highest BCUT2D eigenvalue weighted by atomic mass is 79.9. The first-order valence-electron chi connectivity index (χ1n) is 6.80. The molecule has 0 saturated heterocycles. The number of ether oxygens (including phenoxy) is 1. The molecule has 0 bridgehead atoms. The van der Waals surface area contributed by atoms with Crippen molar-refractivity contribution in [1.82, 2.24) is 0 Å². The van der Waals surface area contributed by atoms with Crippen molar-refractivity contribution in [3.8, 4) is 5.75 Å². The van der Waals surface area contributed by atoms with Crippen LogP contribution in [0.1, 0.15) is 17.5 Å². The fraction of sp³-hybridized carbons (Fsp3) is 0.235. The van der Waals surface area contributed by atoms with E-state index in [-0.39, 0.29) is 5.91 Å². The minimum Gasteiger partial charge on any atom is -0.493 e.